The summed E-state index contributed by atoms with van der Waals surface area (Å²) in [6.07, 6.45) is 0.339. The van der Waals surface area contributed by atoms with Gasteiger partial charge in [-0.15, -0.1) is 0 Å². The van der Waals surface area contributed by atoms with Crippen LogP contribution in [0.5, 0.6) is 0 Å². The van der Waals surface area contributed by atoms with Gasteiger partial charge in [0, 0.05) is 24.5 Å². The van der Waals surface area contributed by atoms with Crippen LogP contribution in [-0.2, 0) is 26.0 Å². The van der Waals surface area contributed by atoms with E-state index in [1.54, 1.807) is 56.3 Å². The van der Waals surface area contributed by atoms with Crippen molar-refractivity contribution in [2.75, 3.05) is 24.1 Å². The first kappa shape index (κ1) is 31.2. The van der Waals surface area contributed by atoms with Gasteiger partial charge in [0.15, 0.2) is 0 Å². The second-order valence-corrected chi connectivity index (χ2v) is 11.6. The Morgan fingerprint density at radius 3 is 2.23 bits per heavy atom. The topological polar surface area (TPSA) is 139 Å². The highest BCUT2D eigenvalue weighted by atomic mass is 32.2. The molecule has 0 aromatic heterocycles. The minimum absolute atomic E-state index is 0.00601. The van der Waals surface area contributed by atoms with E-state index in [9.17, 15) is 27.2 Å². The minimum atomic E-state index is -4.24. The SMILES string of the molecule is CCN(CC)C(=O)C(CCc1ccc(NC(=O)c2cc(F)ccc2N)cc1)C(=O)NS(=O)(=O)c1ccc2ccccc2c1. The average Bonchev–Trinajstić information content (AvgIpc) is 2.99. The number of sulfonamides is 1. The van der Waals surface area contributed by atoms with E-state index in [0.29, 0.717) is 24.2 Å². The fraction of sp³-hybridized carbons (Fsp3) is 0.219. The molecule has 4 rings (SSSR count). The number of hydrogen-bond donors (Lipinski definition) is 3. The highest BCUT2D eigenvalue weighted by Crippen LogP contribution is 2.22. The molecule has 0 saturated heterocycles. The normalized spacial score (nSPS) is 12.0. The zero-order chi connectivity index (χ0) is 31.1. The van der Waals surface area contributed by atoms with Gasteiger partial charge in [-0.25, -0.2) is 17.5 Å². The smallest absolute Gasteiger partial charge is 0.264 e. The second-order valence-electron chi connectivity index (χ2n) is 9.96. The summed E-state index contributed by atoms with van der Waals surface area (Å²) < 4.78 is 42.0. The molecule has 4 aromatic rings. The predicted molar refractivity (Wildman–Crippen MR) is 164 cm³/mol. The molecule has 1 unspecified atom stereocenters. The summed E-state index contributed by atoms with van der Waals surface area (Å²) in [6.45, 7) is 4.29. The molecule has 0 aliphatic carbocycles. The fourth-order valence-corrected chi connectivity index (χ4v) is 5.76. The first-order valence-corrected chi connectivity index (χ1v) is 15.3. The first-order valence-electron chi connectivity index (χ1n) is 13.8. The largest absolute Gasteiger partial charge is 0.398 e. The Balaban J connectivity index is 1.48. The standard InChI is InChI=1S/C32H33FN4O5S/c1-3-37(4-2)32(40)27(31(39)36-43(41,42)26-16-12-22-7-5-6-8-23(22)19-26)17-11-21-9-14-25(15-10-21)35-30(38)28-20-24(33)13-18-29(28)34/h5-10,12-16,18-20,27H,3-4,11,17,34H2,1-2H3,(H,35,38)(H,36,39). The Morgan fingerprint density at radius 1 is 0.884 bits per heavy atom. The van der Waals surface area contributed by atoms with E-state index in [1.807, 2.05) is 12.1 Å². The van der Waals surface area contributed by atoms with Crippen molar-refractivity contribution in [1.82, 2.24) is 9.62 Å². The number of benzene rings is 4. The summed E-state index contributed by atoms with van der Waals surface area (Å²) in [6, 6.07) is 22.0. The second kappa shape index (κ2) is 13.5. The van der Waals surface area contributed by atoms with E-state index in [0.717, 1.165) is 23.1 Å². The van der Waals surface area contributed by atoms with Crippen LogP contribution in [0.3, 0.4) is 0 Å². The fourth-order valence-electron chi connectivity index (χ4n) is 4.71. The van der Waals surface area contributed by atoms with Crippen LogP contribution in [-0.4, -0.2) is 44.1 Å². The summed E-state index contributed by atoms with van der Waals surface area (Å²) in [4.78, 5) is 40.6. The average molecular weight is 605 g/mol. The molecule has 1 atom stereocenters. The van der Waals surface area contributed by atoms with Gasteiger partial charge in [0.2, 0.25) is 11.8 Å². The third-order valence-corrected chi connectivity index (χ3v) is 8.49. The molecule has 11 heteroatoms. The number of nitrogen functional groups attached to an aromatic ring is 1. The van der Waals surface area contributed by atoms with Crippen LogP contribution in [0.25, 0.3) is 10.8 Å². The van der Waals surface area contributed by atoms with E-state index in [1.165, 1.54) is 23.1 Å². The van der Waals surface area contributed by atoms with Gasteiger partial charge in [-0.1, -0.05) is 42.5 Å². The van der Waals surface area contributed by atoms with Crippen LogP contribution >= 0.6 is 0 Å². The van der Waals surface area contributed by atoms with Crippen LogP contribution in [0.2, 0.25) is 0 Å². The maximum Gasteiger partial charge on any atom is 0.264 e. The van der Waals surface area contributed by atoms with E-state index >= 15 is 0 Å². The van der Waals surface area contributed by atoms with Gasteiger partial charge in [-0.05, 0) is 85.5 Å². The molecular formula is C32H33FN4O5S. The summed E-state index contributed by atoms with van der Waals surface area (Å²) >= 11 is 0. The first-order chi connectivity index (χ1) is 20.5. The number of halogens is 1. The molecule has 4 aromatic carbocycles. The number of amides is 3. The lowest BCUT2D eigenvalue weighted by Crippen LogP contribution is -2.45. The number of nitrogens with zero attached hydrogens (tertiary/aromatic N) is 1. The quantitative estimate of drug-likeness (QED) is 0.167. The van der Waals surface area contributed by atoms with Crippen LogP contribution in [0.4, 0.5) is 15.8 Å². The summed E-state index contributed by atoms with van der Waals surface area (Å²) in [5.74, 6) is -3.77. The Labute approximate surface area is 249 Å². The number of fused-ring (bicyclic) bond motifs is 1. The molecule has 0 aliphatic rings. The highest BCUT2D eigenvalue weighted by Gasteiger charge is 2.32. The number of hydrogen-bond acceptors (Lipinski definition) is 6. The molecule has 0 fully saturated rings. The van der Waals surface area contributed by atoms with Gasteiger partial charge in [0.05, 0.1) is 10.5 Å². The molecule has 43 heavy (non-hydrogen) atoms. The Morgan fingerprint density at radius 2 is 1.56 bits per heavy atom. The van der Waals surface area contributed by atoms with Crippen molar-refractivity contribution in [2.24, 2.45) is 5.92 Å². The highest BCUT2D eigenvalue weighted by molar-refractivity contribution is 7.90. The van der Waals surface area contributed by atoms with Crippen molar-refractivity contribution in [3.05, 3.63) is 102 Å². The van der Waals surface area contributed by atoms with Gasteiger partial charge < -0.3 is 16.0 Å². The lowest BCUT2D eigenvalue weighted by Gasteiger charge is -2.24. The number of nitrogens with one attached hydrogen (secondary N) is 2. The zero-order valence-corrected chi connectivity index (χ0v) is 24.7. The predicted octanol–water partition coefficient (Wildman–Crippen LogP) is 4.74. The Kier molecular flexibility index (Phi) is 9.77. The van der Waals surface area contributed by atoms with Crippen molar-refractivity contribution < 1.29 is 27.2 Å². The van der Waals surface area contributed by atoms with Gasteiger partial charge in [-0.3, -0.25) is 14.4 Å². The van der Waals surface area contributed by atoms with Crippen molar-refractivity contribution in [3.8, 4) is 0 Å². The van der Waals surface area contributed by atoms with Crippen LogP contribution in [0, 0.1) is 11.7 Å². The molecule has 9 nitrogen and oxygen atoms in total. The van der Waals surface area contributed by atoms with Crippen molar-refractivity contribution in [3.63, 3.8) is 0 Å². The van der Waals surface area contributed by atoms with Crippen molar-refractivity contribution in [2.45, 2.75) is 31.6 Å². The number of anilines is 2. The molecule has 0 saturated carbocycles. The molecule has 4 N–H and O–H groups in total. The molecule has 0 aliphatic heterocycles. The number of rotatable bonds is 11. The monoisotopic (exact) mass is 604 g/mol. The Hall–Kier alpha value is -4.77. The Bertz CT molecular complexity index is 1760. The van der Waals surface area contributed by atoms with Crippen molar-refractivity contribution in [1.29, 1.82) is 0 Å². The molecule has 224 valence electrons. The van der Waals surface area contributed by atoms with Crippen LogP contribution in [0.15, 0.2) is 89.8 Å². The van der Waals surface area contributed by atoms with E-state index in [-0.39, 0.29) is 29.0 Å². The summed E-state index contributed by atoms with van der Waals surface area (Å²) in [7, 11) is -4.24. The minimum Gasteiger partial charge on any atom is -0.398 e. The van der Waals surface area contributed by atoms with Crippen LogP contribution in [0.1, 0.15) is 36.2 Å². The van der Waals surface area contributed by atoms with E-state index < -0.39 is 39.5 Å². The molecule has 0 spiro atoms. The van der Waals surface area contributed by atoms with Crippen LogP contribution < -0.4 is 15.8 Å². The van der Waals surface area contributed by atoms with Gasteiger partial charge >= 0.3 is 0 Å². The number of nitrogens with two attached hydrogens (primary N) is 1. The summed E-state index contributed by atoms with van der Waals surface area (Å²) in [5, 5.41) is 4.21. The molecule has 0 radical (unpaired) electrons. The molecule has 3 amide bonds. The number of carbonyl (C=O) groups is 3. The molecular weight excluding hydrogens is 571 g/mol. The van der Waals surface area contributed by atoms with Gasteiger partial charge in [-0.2, -0.15) is 0 Å². The zero-order valence-electron chi connectivity index (χ0n) is 23.8. The number of aryl methyl sites for hydroxylation is 1. The maximum absolute atomic E-state index is 13.6. The number of carbonyl (C=O) groups excluding carboxylic acids is 3. The summed E-state index contributed by atoms with van der Waals surface area (Å²) in [5.41, 5.74) is 7.13. The molecule has 0 bridgehead atoms. The lowest BCUT2D eigenvalue weighted by atomic mass is 9.97. The third kappa shape index (κ3) is 7.55. The van der Waals surface area contributed by atoms with E-state index in [2.05, 4.69) is 10.0 Å². The molecule has 0 heterocycles. The lowest BCUT2D eigenvalue weighted by molar-refractivity contribution is -0.141. The van der Waals surface area contributed by atoms with Gasteiger partial charge in [0.1, 0.15) is 11.7 Å². The van der Waals surface area contributed by atoms with Gasteiger partial charge in [0.25, 0.3) is 15.9 Å². The maximum atomic E-state index is 13.6. The van der Waals surface area contributed by atoms with Crippen molar-refractivity contribution >= 4 is 49.9 Å². The third-order valence-electron chi connectivity index (χ3n) is 7.15. The van der Waals surface area contributed by atoms with E-state index in [4.69, 9.17) is 5.73 Å².